The zero-order valence-corrected chi connectivity index (χ0v) is 15.1. The summed E-state index contributed by atoms with van der Waals surface area (Å²) in [5.41, 5.74) is 3.21. The van der Waals surface area contributed by atoms with Crippen molar-refractivity contribution in [2.45, 2.75) is 19.9 Å². The van der Waals surface area contributed by atoms with Crippen molar-refractivity contribution in [3.05, 3.63) is 82.4 Å². The number of carbonyl (C=O) groups excluding carboxylic acids is 1. The molecule has 0 bridgehead atoms. The van der Waals surface area contributed by atoms with Crippen LogP contribution in [0.3, 0.4) is 0 Å². The van der Waals surface area contributed by atoms with E-state index in [1.165, 1.54) is 11.3 Å². The minimum absolute atomic E-state index is 0.0343. The summed E-state index contributed by atoms with van der Waals surface area (Å²) in [5.74, 6) is -0.0920. The molecule has 0 aliphatic heterocycles. The number of nitrogens with zero attached hydrogens (tertiary/aromatic N) is 1. The Labute approximate surface area is 151 Å². The van der Waals surface area contributed by atoms with E-state index in [0.717, 1.165) is 21.7 Å². The largest absolute Gasteiger partial charge is 0.301 e. The van der Waals surface area contributed by atoms with E-state index in [1.807, 2.05) is 50.2 Å². The van der Waals surface area contributed by atoms with Crippen LogP contribution in [0.1, 0.15) is 27.7 Å². The maximum Gasteiger partial charge on any atom is 0.240 e. The first-order valence-electron chi connectivity index (χ1n) is 8.20. The highest BCUT2D eigenvalue weighted by molar-refractivity contribution is 7.15. The van der Waals surface area contributed by atoms with Crippen LogP contribution >= 0.6 is 11.3 Å². The first-order chi connectivity index (χ1) is 12.1. The van der Waals surface area contributed by atoms with E-state index in [4.69, 9.17) is 0 Å². The van der Waals surface area contributed by atoms with Gasteiger partial charge in [-0.25, -0.2) is 4.98 Å². The van der Waals surface area contributed by atoms with Gasteiger partial charge >= 0.3 is 0 Å². The number of aromatic nitrogens is 1. The summed E-state index contributed by atoms with van der Waals surface area (Å²) in [6.07, 6.45) is 0. The fraction of sp³-hybridized carbons (Fsp3) is 0.200. The molecule has 2 N–H and O–H groups in total. The SMILES string of the molecule is Cc1nc(NC(=O)CNC(c2ccccc2)c2ccccc2)sc1C. The molecular weight excluding hydrogens is 330 g/mol. The maximum atomic E-state index is 12.3. The second-order valence-corrected chi connectivity index (χ2v) is 7.05. The van der Waals surface area contributed by atoms with Crippen LogP contribution < -0.4 is 10.6 Å². The molecular formula is C20H21N3OS. The highest BCUT2D eigenvalue weighted by Crippen LogP contribution is 2.22. The first kappa shape index (κ1) is 17.3. The Balaban J connectivity index is 1.69. The molecule has 0 unspecified atom stereocenters. The summed E-state index contributed by atoms with van der Waals surface area (Å²) in [6, 6.07) is 20.2. The predicted octanol–water partition coefficient (Wildman–Crippen LogP) is 4.08. The number of rotatable bonds is 6. The van der Waals surface area contributed by atoms with Crippen molar-refractivity contribution < 1.29 is 4.79 Å². The van der Waals surface area contributed by atoms with Crippen LogP contribution in [-0.4, -0.2) is 17.4 Å². The van der Waals surface area contributed by atoms with E-state index in [-0.39, 0.29) is 18.5 Å². The average Bonchev–Trinajstić information content (AvgIpc) is 2.94. The number of hydrogen-bond donors (Lipinski definition) is 2. The Morgan fingerprint density at radius 1 is 1.00 bits per heavy atom. The summed E-state index contributed by atoms with van der Waals surface area (Å²) in [7, 11) is 0. The van der Waals surface area contributed by atoms with Crippen molar-refractivity contribution in [3.8, 4) is 0 Å². The zero-order chi connectivity index (χ0) is 17.6. The fourth-order valence-electron chi connectivity index (χ4n) is 2.60. The van der Waals surface area contributed by atoms with Crippen molar-refractivity contribution in [2.75, 3.05) is 11.9 Å². The predicted molar refractivity (Wildman–Crippen MR) is 103 cm³/mol. The Kier molecular flexibility index (Phi) is 5.58. The van der Waals surface area contributed by atoms with Gasteiger partial charge in [-0.1, -0.05) is 60.7 Å². The van der Waals surface area contributed by atoms with Crippen molar-refractivity contribution in [1.82, 2.24) is 10.3 Å². The van der Waals surface area contributed by atoms with E-state index in [0.29, 0.717) is 5.13 Å². The lowest BCUT2D eigenvalue weighted by atomic mass is 9.99. The second kappa shape index (κ2) is 8.05. The molecule has 128 valence electrons. The van der Waals surface area contributed by atoms with E-state index in [9.17, 15) is 4.79 Å². The smallest absolute Gasteiger partial charge is 0.240 e. The molecule has 0 aliphatic carbocycles. The third-order valence-corrected chi connectivity index (χ3v) is 5.00. The molecule has 3 aromatic rings. The molecule has 1 aromatic heterocycles. The molecule has 0 atom stereocenters. The van der Waals surface area contributed by atoms with Crippen molar-refractivity contribution in [3.63, 3.8) is 0 Å². The molecule has 0 fully saturated rings. The number of nitrogens with one attached hydrogen (secondary N) is 2. The van der Waals surface area contributed by atoms with E-state index < -0.39 is 0 Å². The molecule has 0 aliphatic rings. The first-order valence-corrected chi connectivity index (χ1v) is 9.02. The Morgan fingerprint density at radius 3 is 2.04 bits per heavy atom. The number of aryl methyl sites for hydroxylation is 2. The highest BCUT2D eigenvalue weighted by Gasteiger charge is 2.15. The van der Waals surface area contributed by atoms with Gasteiger partial charge in [0.05, 0.1) is 18.3 Å². The minimum Gasteiger partial charge on any atom is -0.301 e. The number of hydrogen-bond acceptors (Lipinski definition) is 4. The Hall–Kier alpha value is -2.50. The number of benzene rings is 2. The number of amides is 1. The molecule has 4 nitrogen and oxygen atoms in total. The number of thiazole rings is 1. The molecule has 1 amide bonds. The second-order valence-electron chi connectivity index (χ2n) is 5.84. The van der Waals surface area contributed by atoms with Crippen LogP contribution in [0.2, 0.25) is 0 Å². The Morgan fingerprint density at radius 2 is 1.56 bits per heavy atom. The Bertz CT molecular complexity index is 772. The van der Waals surface area contributed by atoms with Crippen LogP contribution in [0.25, 0.3) is 0 Å². The van der Waals surface area contributed by atoms with Gasteiger partial charge in [0.25, 0.3) is 0 Å². The van der Waals surface area contributed by atoms with Crippen LogP contribution in [0, 0.1) is 13.8 Å². The van der Waals surface area contributed by atoms with Crippen LogP contribution in [0.15, 0.2) is 60.7 Å². The fourth-order valence-corrected chi connectivity index (χ4v) is 3.43. The monoisotopic (exact) mass is 351 g/mol. The summed E-state index contributed by atoms with van der Waals surface area (Å²) in [4.78, 5) is 17.8. The van der Waals surface area contributed by atoms with Gasteiger partial charge in [-0.3, -0.25) is 10.1 Å². The van der Waals surface area contributed by atoms with E-state index in [2.05, 4.69) is 39.9 Å². The average molecular weight is 351 g/mol. The summed E-state index contributed by atoms with van der Waals surface area (Å²) in [5, 5.41) is 6.88. The lowest BCUT2D eigenvalue weighted by Gasteiger charge is -2.19. The third kappa shape index (κ3) is 4.53. The normalized spacial score (nSPS) is 10.8. The van der Waals surface area contributed by atoms with Gasteiger partial charge in [-0.15, -0.1) is 11.3 Å². The lowest BCUT2D eigenvalue weighted by molar-refractivity contribution is -0.115. The van der Waals surface area contributed by atoms with Gasteiger partial charge in [-0.05, 0) is 25.0 Å². The molecule has 1 heterocycles. The van der Waals surface area contributed by atoms with Crippen LogP contribution in [-0.2, 0) is 4.79 Å². The molecule has 0 saturated heterocycles. The van der Waals surface area contributed by atoms with Gasteiger partial charge in [-0.2, -0.15) is 0 Å². The third-order valence-electron chi connectivity index (χ3n) is 4.01. The molecule has 0 saturated carbocycles. The van der Waals surface area contributed by atoms with Crippen molar-refractivity contribution in [2.24, 2.45) is 0 Å². The maximum absolute atomic E-state index is 12.3. The standard InChI is InChI=1S/C20H21N3OS/c1-14-15(2)25-20(22-14)23-18(24)13-21-19(16-9-5-3-6-10-16)17-11-7-4-8-12-17/h3-12,19,21H,13H2,1-2H3,(H,22,23,24). The number of carbonyl (C=O) groups is 1. The molecule has 25 heavy (non-hydrogen) atoms. The topological polar surface area (TPSA) is 54.0 Å². The summed E-state index contributed by atoms with van der Waals surface area (Å²) < 4.78 is 0. The van der Waals surface area contributed by atoms with E-state index >= 15 is 0 Å². The molecule has 0 spiro atoms. The van der Waals surface area contributed by atoms with Gasteiger partial charge < -0.3 is 5.32 Å². The molecule has 5 heteroatoms. The highest BCUT2D eigenvalue weighted by atomic mass is 32.1. The molecule has 3 rings (SSSR count). The lowest BCUT2D eigenvalue weighted by Crippen LogP contribution is -2.31. The zero-order valence-electron chi connectivity index (χ0n) is 14.3. The summed E-state index contributed by atoms with van der Waals surface area (Å²) in [6.45, 7) is 4.16. The van der Waals surface area contributed by atoms with Crippen LogP contribution in [0.5, 0.6) is 0 Å². The van der Waals surface area contributed by atoms with Gasteiger partial charge in [0, 0.05) is 4.88 Å². The van der Waals surface area contributed by atoms with Gasteiger partial charge in [0.15, 0.2) is 5.13 Å². The summed E-state index contributed by atoms with van der Waals surface area (Å²) >= 11 is 1.50. The van der Waals surface area contributed by atoms with Crippen molar-refractivity contribution in [1.29, 1.82) is 0 Å². The minimum atomic E-state index is -0.0920. The quantitative estimate of drug-likeness (QED) is 0.704. The van der Waals surface area contributed by atoms with Gasteiger partial charge in [0.2, 0.25) is 5.91 Å². The molecule has 2 aromatic carbocycles. The number of anilines is 1. The van der Waals surface area contributed by atoms with Gasteiger partial charge in [0.1, 0.15) is 0 Å². The van der Waals surface area contributed by atoms with Crippen molar-refractivity contribution >= 4 is 22.4 Å². The molecule has 0 radical (unpaired) electrons. The van der Waals surface area contributed by atoms with Crippen LogP contribution in [0.4, 0.5) is 5.13 Å². The van der Waals surface area contributed by atoms with E-state index in [1.54, 1.807) is 0 Å².